The summed E-state index contributed by atoms with van der Waals surface area (Å²) in [6, 6.07) is 6.85. The zero-order chi connectivity index (χ0) is 14.4. The van der Waals surface area contributed by atoms with Crippen LogP contribution < -0.4 is 0 Å². The molecule has 1 saturated heterocycles. The molecule has 0 spiro atoms. The molecule has 3 heteroatoms. The highest BCUT2D eigenvalue weighted by atomic mass is 32.2. The third-order valence-corrected chi connectivity index (χ3v) is 5.17. The Kier molecular flexibility index (Phi) is 5.67. The van der Waals surface area contributed by atoms with Crippen molar-refractivity contribution in [1.82, 2.24) is 0 Å². The number of rotatable bonds is 6. The second-order valence-corrected chi connectivity index (χ2v) is 7.40. The monoisotopic (exact) mass is 294 g/mol. The van der Waals surface area contributed by atoms with Crippen LogP contribution in [0, 0.1) is 5.82 Å². The average molecular weight is 294 g/mol. The molecule has 0 saturated carbocycles. The quantitative estimate of drug-likeness (QED) is 0.423. The second-order valence-electron chi connectivity index (χ2n) is 5.89. The lowest BCUT2D eigenvalue weighted by atomic mass is 10.1. The number of hydrogen-bond donors (Lipinski definition) is 0. The Bertz CT molecular complexity index is 423. The molecule has 0 bridgehead atoms. The van der Waals surface area contributed by atoms with E-state index < -0.39 is 0 Å². The van der Waals surface area contributed by atoms with E-state index in [9.17, 15) is 4.39 Å². The van der Waals surface area contributed by atoms with Crippen molar-refractivity contribution in [3.63, 3.8) is 0 Å². The largest absolute Gasteiger partial charge is 0.319 e. The van der Waals surface area contributed by atoms with Crippen LogP contribution in [0.25, 0.3) is 0 Å². The standard InChI is InChI=1S/C17H25FNS/c1-3-11-19(12-5-4-6-13-19)14-15(2)20-17-9-7-16(18)8-10-17/h3,7-10,15H,1,4-6,11-14H2,2H3/q+1. The third-order valence-electron chi connectivity index (χ3n) is 4.08. The van der Waals surface area contributed by atoms with E-state index in [0.29, 0.717) is 5.25 Å². The summed E-state index contributed by atoms with van der Waals surface area (Å²) in [5.41, 5.74) is 0. The Balaban J connectivity index is 1.95. The van der Waals surface area contributed by atoms with Crippen molar-refractivity contribution in [2.75, 3.05) is 26.2 Å². The van der Waals surface area contributed by atoms with E-state index in [2.05, 4.69) is 19.6 Å². The van der Waals surface area contributed by atoms with Gasteiger partial charge in [0.05, 0.1) is 31.4 Å². The molecule has 1 atom stereocenters. The van der Waals surface area contributed by atoms with Crippen LogP contribution in [-0.4, -0.2) is 35.9 Å². The molecule has 1 heterocycles. The molecule has 1 fully saturated rings. The van der Waals surface area contributed by atoms with Crippen LogP contribution in [-0.2, 0) is 0 Å². The first-order valence-corrected chi connectivity index (χ1v) is 8.40. The van der Waals surface area contributed by atoms with E-state index in [-0.39, 0.29) is 5.82 Å². The minimum Gasteiger partial charge on any atom is -0.319 e. The molecule has 1 aliphatic rings. The van der Waals surface area contributed by atoms with Crippen LogP contribution >= 0.6 is 11.8 Å². The van der Waals surface area contributed by atoms with E-state index in [1.54, 1.807) is 12.1 Å². The highest BCUT2D eigenvalue weighted by molar-refractivity contribution is 8.00. The van der Waals surface area contributed by atoms with Crippen molar-refractivity contribution in [2.45, 2.75) is 36.3 Å². The number of hydrogen-bond acceptors (Lipinski definition) is 1. The van der Waals surface area contributed by atoms with Crippen LogP contribution in [0.2, 0.25) is 0 Å². The maximum absolute atomic E-state index is 12.9. The molecule has 20 heavy (non-hydrogen) atoms. The minimum atomic E-state index is -0.159. The van der Waals surface area contributed by atoms with Crippen molar-refractivity contribution < 1.29 is 8.87 Å². The Morgan fingerprint density at radius 3 is 2.50 bits per heavy atom. The van der Waals surface area contributed by atoms with Crippen molar-refractivity contribution in [3.05, 3.63) is 42.7 Å². The van der Waals surface area contributed by atoms with E-state index in [1.165, 1.54) is 43.4 Å². The maximum atomic E-state index is 12.9. The van der Waals surface area contributed by atoms with Crippen molar-refractivity contribution in [2.24, 2.45) is 0 Å². The van der Waals surface area contributed by atoms with Gasteiger partial charge in [-0.3, -0.25) is 0 Å². The number of piperidine rings is 1. The number of quaternary nitrogens is 1. The fourth-order valence-electron chi connectivity index (χ4n) is 3.22. The predicted octanol–water partition coefficient (Wildman–Crippen LogP) is 4.49. The lowest BCUT2D eigenvalue weighted by Crippen LogP contribution is -2.54. The summed E-state index contributed by atoms with van der Waals surface area (Å²) in [4.78, 5) is 1.16. The number of benzene rings is 1. The van der Waals surface area contributed by atoms with Crippen LogP contribution in [0.1, 0.15) is 26.2 Å². The lowest BCUT2D eigenvalue weighted by Gasteiger charge is -2.42. The summed E-state index contributed by atoms with van der Waals surface area (Å²) >= 11 is 1.85. The van der Waals surface area contributed by atoms with Crippen LogP contribution in [0.5, 0.6) is 0 Å². The number of nitrogens with zero attached hydrogens (tertiary/aromatic N) is 1. The second kappa shape index (κ2) is 7.28. The maximum Gasteiger partial charge on any atom is 0.123 e. The fourth-order valence-corrected chi connectivity index (χ4v) is 4.37. The number of likely N-dealkylation sites (tertiary alicyclic amines) is 1. The molecule has 1 nitrogen and oxygen atoms in total. The van der Waals surface area contributed by atoms with E-state index in [1.807, 2.05) is 23.9 Å². The van der Waals surface area contributed by atoms with Crippen molar-refractivity contribution in [1.29, 1.82) is 0 Å². The van der Waals surface area contributed by atoms with Gasteiger partial charge in [-0.1, -0.05) is 6.58 Å². The molecular formula is C17H25FNS+. The van der Waals surface area contributed by atoms with Gasteiger partial charge in [-0.2, -0.15) is 0 Å². The number of thioether (sulfide) groups is 1. The molecule has 1 aromatic rings. The Labute approximate surface area is 126 Å². The SMILES string of the molecule is C=CC[N+]1(CC(C)Sc2ccc(F)cc2)CCCCC1. The molecule has 0 aliphatic carbocycles. The molecule has 0 aromatic heterocycles. The molecule has 0 radical (unpaired) electrons. The molecule has 110 valence electrons. The Hall–Kier alpha value is -0.800. The van der Waals surface area contributed by atoms with Gasteiger partial charge in [-0.25, -0.2) is 4.39 Å². The average Bonchev–Trinajstić information content (AvgIpc) is 2.42. The first-order chi connectivity index (χ1) is 9.63. The molecule has 0 amide bonds. The van der Waals surface area contributed by atoms with Gasteiger partial charge in [0.15, 0.2) is 0 Å². The first-order valence-electron chi connectivity index (χ1n) is 7.52. The third kappa shape index (κ3) is 4.35. The first kappa shape index (κ1) is 15.6. The molecule has 1 unspecified atom stereocenters. The van der Waals surface area contributed by atoms with Crippen molar-refractivity contribution in [3.8, 4) is 0 Å². The minimum absolute atomic E-state index is 0.159. The Morgan fingerprint density at radius 1 is 1.25 bits per heavy atom. The summed E-state index contributed by atoms with van der Waals surface area (Å²) < 4.78 is 14.1. The van der Waals surface area contributed by atoms with Gasteiger partial charge in [-0.15, -0.1) is 11.8 Å². The zero-order valence-corrected chi connectivity index (χ0v) is 13.2. The normalized spacial score (nSPS) is 19.5. The van der Waals surface area contributed by atoms with Gasteiger partial charge < -0.3 is 4.48 Å². The summed E-state index contributed by atoms with van der Waals surface area (Å²) in [5.74, 6) is -0.159. The van der Waals surface area contributed by atoms with Gasteiger partial charge in [0, 0.05) is 4.90 Å². The van der Waals surface area contributed by atoms with Crippen molar-refractivity contribution >= 4 is 11.8 Å². The van der Waals surface area contributed by atoms with Crippen LogP contribution in [0.3, 0.4) is 0 Å². The highest BCUT2D eigenvalue weighted by Gasteiger charge is 2.30. The summed E-state index contributed by atoms with van der Waals surface area (Å²) in [7, 11) is 0. The van der Waals surface area contributed by atoms with Gasteiger partial charge in [-0.05, 0) is 56.5 Å². The van der Waals surface area contributed by atoms with Gasteiger partial charge >= 0.3 is 0 Å². The Morgan fingerprint density at radius 2 is 1.90 bits per heavy atom. The molecular weight excluding hydrogens is 269 g/mol. The van der Waals surface area contributed by atoms with Crippen LogP contribution in [0.15, 0.2) is 41.8 Å². The van der Waals surface area contributed by atoms with Crippen LogP contribution in [0.4, 0.5) is 4.39 Å². The zero-order valence-electron chi connectivity index (χ0n) is 12.4. The number of halogens is 1. The highest BCUT2D eigenvalue weighted by Crippen LogP contribution is 2.28. The van der Waals surface area contributed by atoms with Gasteiger partial charge in [0.1, 0.15) is 5.82 Å². The van der Waals surface area contributed by atoms with E-state index in [0.717, 1.165) is 11.4 Å². The summed E-state index contributed by atoms with van der Waals surface area (Å²) in [6.07, 6.45) is 6.11. The van der Waals surface area contributed by atoms with Gasteiger partial charge in [0.25, 0.3) is 0 Å². The molecule has 2 rings (SSSR count). The molecule has 1 aromatic carbocycles. The predicted molar refractivity (Wildman–Crippen MR) is 85.5 cm³/mol. The summed E-state index contributed by atoms with van der Waals surface area (Å²) in [5, 5.41) is 0.540. The van der Waals surface area contributed by atoms with E-state index >= 15 is 0 Å². The fraction of sp³-hybridized carbons (Fsp3) is 0.529. The van der Waals surface area contributed by atoms with E-state index in [4.69, 9.17) is 0 Å². The lowest BCUT2D eigenvalue weighted by molar-refractivity contribution is -0.926. The smallest absolute Gasteiger partial charge is 0.123 e. The topological polar surface area (TPSA) is 0 Å². The summed E-state index contributed by atoms with van der Waals surface area (Å²) in [6.45, 7) is 11.0. The van der Waals surface area contributed by atoms with Gasteiger partial charge in [0.2, 0.25) is 0 Å². The molecule has 0 N–H and O–H groups in total. The molecule has 1 aliphatic heterocycles.